The van der Waals surface area contributed by atoms with Crippen LogP contribution in [-0.2, 0) is 11.2 Å². The maximum atomic E-state index is 12.3. The molecule has 1 unspecified atom stereocenters. The summed E-state index contributed by atoms with van der Waals surface area (Å²) in [6.07, 6.45) is 4.95. The highest BCUT2D eigenvalue weighted by Gasteiger charge is 2.23. The Kier molecular flexibility index (Phi) is 7.57. The summed E-state index contributed by atoms with van der Waals surface area (Å²) in [4.78, 5) is 14.8. The van der Waals surface area contributed by atoms with Gasteiger partial charge in [0.15, 0.2) is 0 Å². The van der Waals surface area contributed by atoms with Gasteiger partial charge in [0.05, 0.1) is 7.11 Å². The number of amides is 1. The highest BCUT2D eigenvalue weighted by molar-refractivity contribution is 5.76. The number of para-hydroxylation sites is 1. The number of rotatable bonds is 9. The Bertz CT molecular complexity index is 510. The number of likely N-dealkylation sites (tertiary alicyclic amines) is 1. The highest BCUT2D eigenvalue weighted by atomic mass is 16.5. The van der Waals surface area contributed by atoms with Crippen LogP contribution in [0.1, 0.15) is 45.1 Å². The summed E-state index contributed by atoms with van der Waals surface area (Å²) in [5, 5.41) is 3.15. The molecule has 1 fully saturated rings. The fourth-order valence-corrected chi connectivity index (χ4v) is 3.49. The number of benzene rings is 1. The molecule has 1 saturated heterocycles. The summed E-state index contributed by atoms with van der Waals surface area (Å²) in [5.74, 6) is 1.65. The maximum absolute atomic E-state index is 12.3. The molecule has 0 saturated carbocycles. The minimum atomic E-state index is 0.133. The minimum absolute atomic E-state index is 0.133. The lowest BCUT2D eigenvalue weighted by Gasteiger charge is -2.29. The lowest BCUT2D eigenvalue weighted by Crippen LogP contribution is -2.43. The Morgan fingerprint density at radius 1 is 1.25 bits per heavy atom. The van der Waals surface area contributed by atoms with Crippen molar-refractivity contribution in [3.8, 4) is 5.75 Å². The number of aryl methyl sites for hydroxylation is 1. The number of nitrogens with zero attached hydrogens (tertiary/aromatic N) is 1. The molecule has 24 heavy (non-hydrogen) atoms. The van der Waals surface area contributed by atoms with E-state index in [2.05, 4.69) is 24.1 Å². The first-order valence-corrected chi connectivity index (χ1v) is 9.22. The van der Waals surface area contributed by atoms with E-state index in [9.17, 15) is 4.79 Å². The molecule has 1 amide bonds. The van der Waals surface area contributed by atoms with E-state index >= 15 is 0 Å². The van der Waals surface area contributed by atoms with Gasteiger partial charge in [0.25, 0.3) is 0 Å². The molecule has 1 atom stereocenters. The van der Waals surface area contributed by atoms with Gasteiger partial charge in [-0.05, 0) is 56.3 Å². The first kappa shape index (κ1) is 18.8. The van der Waals surface area contributed by atoms with Crippen LogP contribution in [0.2, 0.25) is 0 Å². The molecule has 0 bridgehead atoms. The minimum Gasteiger partial charge on any atom is -0.496 e. The fourth-order valence-electron chi connectivity index (χ4n) is 3.49. The topological polar surface area (TPSA) is 41.6 Å². The predicted molar refractivity (Wildman–Crippen MR) is 98.4 cm³/mol. The third-order valence-corrected chi connectivity index (χ3v) is 4.75. The van der Waals surface area contributed by atoms with Crippen molar-refractivity contribution < 1.29 is 9.53 Å². The standard InChI is InChI=1S/C20H32N2O2/c1-16(2)14-18(22-12-6-7-13-22)15-21-20(23)11-10-17-8-4-5-9-19(17)24-3/h4-5,8-9,16,18H,6-7,10-15H2,1-3H3,(H,21,23). The van der Waals surface area contributed by atoms with Crippen molar-refractivity contribution in [3.05, 3.63) is 29.8 Å². The van der Waals surface area contributed by atoms with E-state index in [1.165, 1.54) is 25.9 Å². The fraction of sp³-hybridized carbons (Fsp3) is 0.650. The molecule has 0 radical (unpaired) electrons. The van der Waals surface area contributed by atoms with E-state index in [4.69, 9.17) is 4.74 Å². The molecule has 4 nitrogen and oxygen atoms in total. The predicted octanol–water partition coefficient (Wildman–Crippen LogP) is 3.25. The molecular formula is C20H32N2O2. The molecule has 2 rings (SSSR count). The lowest BCUT2D eigenvalue weighted by molar-refractivity contribution is -0.121. The molecule has 1 heterocycles. The van der Waals surface area contributed by atoms with Crippen LogP contribution in [0.5, 0.6) is 5.75 Å². The van der Waals surface area contributed by atoms with Crippen LogP contribution in [0.15, 0.2) is 24.3 Å². The molecule has 1 N–H and O–H groups in total. The number of nitrogens with one attached hydrogen (secondary N) is 1. The van der Waals surface area contributed by atoms with Crippen LogP contribution in [0.25, 0.3) is 0 Å². The van der Waals surface area contributed by atoms with E-state index < -0.39 is 0 Å². The van der Waals surface area contributed by atoms with Crippen molar-refractivity contribution in [1.82, 2.24) is 10.2 Å². The van der Waals surface area contributed by atoms with Gasteiger partial charge in [-0.3, -0.25) is 9.69 Å². The van der Waals surface area contributed by atoms with Gasteiger partial charge in [-0.15, -0.1) is 0 Å². The summed E-state index contributed by atoms with van der Waals surface area (Å²) >= 11 is 0. The first-order chi connectivity index (χ1) is 11.6. The van der Waals surface area contributed by atoms with Crippen molar-refractivity contribution in [2.75, 3.05) is 26.7 Å². The SMILES string of the molecule is COc1ccccc1CCC(=O)NCC(CC(C)C)N1CCCC1. The normalized spacial score (nSPS) is 16.3. The van der Waals surface area contributed by atoms with Gasteiger partial charge in [0.1, 0.15) is 5.75 Å². The maximum Gasteiger partial charge on any atom is 0.220 e. The Morgan fingerprint density at radius 2 is 1.96 bits per heavy atom. The Labute approximate surface area is 146 Å². The van der Waals surface area contributed by atoms with Gasteiger partial charge in [-0.1, -0.05) is 32.0 Å². The summed E-state index contributed by atoms with van der Waals surface area (Å²) in [5.41, 5.74) is 1.09. The number of hydrogen-bond acceptors (Lipinski definition) is 3. The molecule has 0 aromatic heterocycles. The van der Waals surface area contributed by atoms with E-state index in [1.807, 2.05) is 24.3 Å². The van der Waals surface area contributed by atoms with E-state index in [-0.39, 0.29) is 5.91 Å². The number of ether oxygens (including phenoxy) is 1. The Hall–Kier alpha value is -1.55. The third kappa shape index (κ3) is 5.82. The molecule has 134 valence electrons. The number of hydrogen-bond donors (Lipinski definition) is 1. The van der Waals surface area contributed by atoms with E-state index in [0.717, 1.165) is 24.3 Å². The lowest BCUT2D eigenvalue weighted by atomic mass is 10.0. The summed E-state index contributed by atoms with van der Waals surface area (Å²) < 4.78 is 5.35. The molecular weight excluding hydrogens is 300 g/mol. The van der Waals surface area contributed by atoms with Crippen molar-refractivity contribution in [1.29, 1.82) is 0 Å². The van der Waals surface area contributed by atoms with Crippen LogP contribution in [0, 0.1) is 5.92 Å². The second-order valence-electron chi connectivity index (χ2n) is 7.14. The van der Waals surface area contributed by atoms with Crippen LogP contribution < -0.4 is 10.1 Å². The number of carbonyl (C=O) groups excluding carboxylic acids is 1. The molecule has 1 aliphatic rings. The van der Waals surface area contributed by atoms with Gasteiger partial charge in [-0.25, -0.2) is 0 Å². The van der Waals surface area contributed by atoms with Crippen LogP contribution in [0.3, 0.4) is 0 Å². The second-order valence-corrected chi connectivity index (χ2v) is 7.14. The summed E-state index contributed by atoms with van der Waals surface area (Å²) in [7, 11) is 1.67. The summed E-state index contributed by atoms with van der Waals surface area (Å²) in [6, 6.07) is 8.39. The quantitative estimate of drug-likeness (QED) is 0.755. The molecule has 4 heteroatoms. The van der Waals surface area contributed by atoms with Crippen LogP contribution >= 0.6 is 0 Å². The summed E-state index contributed by atoms with van der Waals surface area (Å²) in [6.45, 7) is 7.63. The first-order valence-electron chi connectivity index (χ1n) is 9.22. The average molecular weight is 332 g/mol. The Balaban J connectivity index is 1.80. The zero-order chi connectivity index (χ0) is 17.4. The average Bonchev–Trinajstić information content (AvgIpc) is 3.11. The van der Waals surface area contributed by atoms with Gasteiger partial charge in [-0.2, -0.15) is 0 Å². The van der Waals surface area contributed by atoms with Gasteiger partial charge in [0.2, 0.25) is 5.91 Å². The van der Waals surface area contributed by atoms with Crippen molar-refractivity contribution in [2.45, 2.75) is 52.0 Å². The van der Waals surface area contributed by atoms with Gasteiger partial charge < -0.3 is 10.1 Å². The Morgan fingerprint density at radius 3 is 2.62 bits per heavy atom. The smallest absolute Gasteiger partial charge is 0.220 e. The molecule has 1 aromatic carbocycles. The number of methoxy groups -OCH3 is 1. The molecule has 1 aromatic rings. The van der Waals surface area contributed by atoms with Gasteiger partial charge >= 0.3 is 0 Å². The largest absolute Gasteiger partial charge is 0.496 e. The zero-order valence-electron chi connectivity index (χ0n) is 15.4. The third-order valence-electron chi connectivity index (χ3n) is 4.75. The zero-order valence-corrected chi connectivity index (χ0v) is 15.4. The monoisotopic (exact) mass is 332 g/mol. The van der Waals surface area contributed by atoms with Crippen molar-refractivity contribution in [3.63, 3.8) is 0 Å². The molecule has 0 spiro atoms. The van der Waals surface area contributed by atoms with Crippen molar-refractivity contribution in [2.24, 2.45) is 5.92 Å². The van der Waals surface area contributed by atoms with Crippen LogP contribution in [-0.4, -0.2) is 43.6 Å². The van der Waals surface area contributed by atoms with E-state index in [1.54, 1.807) is 7.11 Å². The molecule has 1 aliphatic heterocycles. The second kappa shape index (κ2) is 9.67. The van der Waals surface area contributed by atoms with E-state index in [0.29, 0.717) is 24.8 Å². The van der Waals surface area contributed by atoms with Gasteiger partial charge in [0, 0.05) is 19.0 Å². The number of carbonyl (C=O) groups is 1. The van der Waals surface area contributed by atoms with Crippen LogP contribution in [0.4, 0.5) is 0 Å². The molecule has 0 aliphatic carbocycles. The highest BCUT2D eigenvalue weighted by Crippen LogP contribution is 2.19. The van der Waals surface area contributed by atoms with Crippen molar-refractivity contribution >= 4 is 5.91 Å².